The number of ether oxygens (including phenoxy) is 1. The van der Waals surface area contributed by atoms with Gasteiger partial charge in [-0.3, -0.25) is 4.79 Å². The second-order valence-electron chi connectivity index (χ2n) is 6.94. The predicted octanol–water partition coefficient (Wildman–Crippen LogP) is 4.27. The molecule has 0 unspecified atom stereocenters. The van der Waals surface area contributed by atoms with Gasteiger partial charge >= 0.3 is 0 Å². The number of anilines is 1. The predicted molar refractivity (Wildman–Crippen MR) is 111 cm³/mol. The molecule has 1 N–H and O–H groups in total. The fourth-order valence-corrected chi connectivity index (χ4v) is 3.56. The third-order valence-electron chi connectivity index (χ3n) is 4.99. The van der Waals surface area contributed by atoms with Gasteiger partial charge in [0.15, 0.2) is 6.10 Å². The lowest BCUT2D eigenvalue weighted by atomic mass is 9.98. The molecule has 1 amide bonds. The first-order valence-electron chi connectivity index (χ1n) is 9.62. The number of nitrogens with one attached hydrogen (secondary N) is 1. The number of nitrogens with zero attached hydrogens (tertiary/aromatic N) is 1. The summed E-state index contributed by atoms with van der Waals surface area (Å²) >= 11 is 0. The second kappa shape index (κ2) is 8.72. The van der Waals surface area contributed by atoms with Gasteiger partial charge in [-0.05, 0) is 23.3 Å². The van der Waals surface area contributed by atoms with E-state index < -0.39 is 6.10 Å². The fourth-order valence-electron chi connectivity index (χ4n) is 3.56. The summed E-state index contributed by atoms with van der Waals surface area (Å²) in [4.78, 5) is 15.2. The van der Waals surface area contributed by atoms with Crippen LogP contribution in [0.5, 0.6) is 0 Å². The van der Waals surface area contributed by atoms with E-state index in [1.807, 2.05) is 83.8 Å². The van der Waals surface area contributed by atoms with E-state index in [9.17, 15) is 4.79 Å². The van der Waals surface area contributed by atoms with Crippen molar-refractivity contribution < 1.29 is 9.53 Å². The summed E-state index contributed by atoms with van der Waals surface area (Å²) < 4.78 is 5.99. The summed E-state index contributed by atoms with van der Waals surface area (Å²) in [5.74, 6) is 0.0207. The van der Waals surface area contributed by atoms with E-state index in [2.05, 4.69) is 17.4 Å². The normalized spacial score (nSPS) is 17.9. The summed E-state index contributed by atoms with van der Waals surface area (Å²) in [5.41, 5.74) is 3.13. The van der Waals surface area contributed by atoms with Crippen LogP contribution in [0.2, 0.25) is 0 Å². The molecule has 0 aliphatic carbocycles. The molecule has 1 fully saturated rings. The number of carbonyl (C=O) groups is 1. The molecule has 0 bridgehead atoms. The fraction of sp³-hybridized carbons (Fsp3) is 0.208. The average Bonchev–Trinajstić information content (AvgIpc) is 2.76. The molecule has 1 aliphatic rings. The number of morpholine rings is 1. The lowest BCUT2D eigenvalue weighted by Crippen LogP contribution is -2.50. The van der Waals surface area contributed by atoms with Crippen molar-refractivity contribution in [3.8, 4) is 0 Å². The maximum Gasteiger partial charge on any atom is 0.254 e. The lowest BCUT2D eigenvalue weighted by molar-refractivity contribution is -0.155. The number of hydrogen-bond donors (Lipinski definition) is 1. The molecule has 142 valence electrons. The number of benzene rings is 3. The monoisotopic (exact) mass is 372 g/mol. The van der Waals surface area contributed by atoms with Crippen LogP contribution in [0.3, 0.4) is 0 Å². The quantitative estimate of drug-likeness (QED) is 0.703. The second-order valence-corrected chi connectivity index (χ2v) is 6.94. The Labute approximate surface area is 165 Å². The van der Waals surface area contributed by atoms with Gasteiger partial charge in [-0.15, -0.1) is 0 Å². The summed E-state index contributed by atoms with van der Waals surface area (Å²) in [6.07, 6.45) is -0.569. The molecule has 4 nitrogen and oxygen atoms in total. The Morgan fingerprint density at radius 2 is 1.50 bits per heavy atom. The van der Waals surface area contributed by atoms with Crippen LogP contribution in [0.25, 0.3) is 0 Å². The summed E-state index contributed by atoms with van der Waals surface area (Å²) in [6.45, 7) is 1.74. The maximum atomic E-state index is 13.3. The van der Waals surface area contributed by atoms with Gasteiger partial charge in [-0.25, -0.2) is 0 Å². The molecule has 1 aliphatic heterocycles. The zero-order valence-electron chi connectivity index (χ0n) is 15.7. The third-order valence-corrected chi connectivity index (χ3v) is 4.99. The highest BCUT2D eigenvalue weighted by molar-refractivity contribution is 5.83. The van der Waals surface area contributed by atoms with Crippen LogP contribution in [0.4, 0.5) is 5.69 Å². The lowest BCUT2D eigenvalue weighted by Gasteiger charge is -2.37. The Morgan fingerprint density at radius 3 is 2.18 bits per heavy atom. The first kappa shape index (κ1) is 18.3. The Bertz CT molecular complexity index is 884. The summed E-state index contributed by atoms with van der Waals surface area (Å²) in [6, 6.07) is 29.8. The van der Waals surface area contributed by atoms with Gasteiger partial charge in [0.25, 0.3) is 5.91 Å². The number of carbonyl (C=O) groups excluding carboxylic acids is 1. The van der Waals surface area contributed by atoms with E-state index in [0.717, 1.165) is 16.8 Å². The molecule has 28 heavy (non-hydrogen) atoms. The highest BCUT2D eigenvalue weighted by atomic mass is 16.5. The molecular formula is C24H24N2O2. The molecule has 0 radical (unpaired) electrons. The van der Waals surface area contributed by atoms with Crippen molar-refractivity contribution in [3.63, 3.8) is 0 Å². The molecule has 0 saturated carbocycles. The first-order valence-corrected chi connectivity index (χ1v) is 9.62. The van der Waals surface area contributed by atoms with E-state index in [4.69, 9.17) is 4.74 Å². The number of para-hydroxylation sites is 1. The van der Waals surface area contributed by atoms with E-state index in [0.29, 0.717) is 19.7 Å². The average molecular weight is 372 g/mol. The van der Waals surface area contributed by atoms with E-state index >= 15 is 0 Å². The summed E-state index contributed by atoms with van der Waals surface area (Å²) in [7, 11) is 0. The van der Waals surface area contributed by atoms with Crippen LogP contribution >= 0.6 is 0 Å². The first-order chi connectivity index (χ1) is 13.8. The molecule has 1 heterocycles. The van der Waals surface area contributed by atoms with Crippen LogP contribution in [-0.4, -0.2) is 30.1 Å². The van der Waals surface area contributed by atoms with Crippen LogP contribution in [0.1, 0.15) is 17.2 Å². The molecule has 2 atom stereocenters. The van der Waals surface area contributed by atoms with Crippen molar-refractivity contribution in [3.05, 3.63) is 102 Å². The number of hydrogen-bond acceptors (Lipinski definition) is 3. The number of rotatable bonds is 6. The maximum absolute atomic E-state index is 13.3. The minimum Gasteiger partial charge on any atom is -0.375 e. The van der Waals surface area contributed by atoms with Crippen molar-refractivity contribution in [1.29, 1.82) is 0 Å². The summed E-state index contributed by atoms with van der Waals surface area (Å²) in [5, 5.41) is 3.51. The highest BCUT2D eigenvalue weighted by Crippen LogP contribution is 2.28. The van der Waals surface area contributed by atoms with E-state index in [1.54, 1.807) is 0 Å². The van der Waals surface area contributed by atoms with Gasteiger partial charge in [-0.1, -0.05) is 78.9 Å². The molecule has 3 aromatic carbocycles. The van der Waals surface area contributed by atoms with Crippen LogP contribution in [-0.2, 0) is 16.1 Å². The topological polar surface area (TPSA) is 41.6 Å². The Hall–Kier alpha value is -3.11. The van der Waals surface area contributed by atoms with Crippen LogP contribution in [0.15, 0.2) is 91.0 Å². The van der Waals surface area contributed by atoms with Gasteiger partial charge in [0.2, 0.25) is 0 Å². The van der Waals surface area contributed by atoms with Crippen molar-refractivity contribution >= 4 is 11.6 Å². The Balaban J connectivity index is 1.58. The van der Waals surface area contributed by atoms with Crippen LogP contribution in [0, 0.1) is 0 Å². The highest BCUT2D eigenvalue weighted by Gasteiger charge is 2.36. The van der Waals surface area contributed by atoms with Gasteiger partial charge in [0.1, 0.15) is 0 Å². The van der Waals surface area contributed by atoms with E-state index in [-0.39, 0.29) is 11.9 Å². The molecule has 3 aromatic rings. The zero-order chi connectivity index (χ0) is 19.2. The Kier molecular flexibility index (Phi) is 5.69. The molecule has 0 spiro atoms. The standard InChI is InChI=1S/C24H24N2O2/c27-24-23(28-17-16-26(24)18-19-10-4-1-5-11-19)22(20-12-6-2-7-13-20)25-21-14-8-3-9-15-21/h1-15,22-23,25H,16-18H2/t22-,23+/m0/s1. The third kappa shape index (κ3) is 4.24. The van der Waals surface area contributed by atoms with Gasteiger partial charge in [-0.2, -0.15) is 0 Å². The number of amides is 1. The minimum absolute atomic E-state index is 0.0207. The van der Waals surface area contributed by atoms with Crippen molar-refractivity contribution in [1.82, 2.24) is 4.90 Å². The molecular weight excluding hydrogens is 348 g/mol. The van der Waals surface area contributed by atoms with Gasteiger partial charge < -0.3 is 15.0 Å². The molecule has 4 heteroatoms. The van der Waals surface area contributed by atoms with Crippen molar-refractivity contribution in [2.24, 2.45) is 0 Å². The van der Waals surface area contributed by atoms with Gasteiger partial charge in [0, 0.05) is 18.8 Å². The molecule has 0 aromatic heterocycles. The van der Waals surface area contributed by atoms with Crippen molar-refractivity contribution in [2.45, 2.75) is 18.7 Å². The molecule has 1 saturated heterocycles. The van der Waals surface area contributed by atoms with Gasteiger partial charge in [0.05, 0.1) is 12.6 Å². The minimum atomic E-state index is -0.569. The van der Waals surface area contributed by atoms with E-state index in [1.165, 1.54) is 0 Å². The van der Waals surface area contributed by atoms with Crippen LogP contribution < -0.4 is 5.32 Å². The molecule has 4 rings (SSSR count). The largest absolute Gasteiger partial charge is 0.375 e. The van der Waals surface area contributed by atoms with Crippen molar-refractivity contribution in [2.75, 3.05) is 18.5 Å². The Morgan fingerprint density at radius 1 is 0.893 bits per heavy atom. The SMILES string of the molecule is O=C1[C@@H]([C@@H](Nc2ccccc2)c2ccccc2)OCCN1Cc1ccccc1. The zero-order valence-corrected chi connectivity index (χ0v) is 15.7. The smallest absolute Gasteiger partial charge is 0.254 e.